The minimum Gasteiger partial charge on any atom is -0.457 e. The van der Waals surface area contributed by atoms with E-state index in [9.17, 15) is 9.59 Å². The molecule has 0 fully saturated rings. The largest absolute Gasteiger partial charge is 0.457 e. The van der Waals surface area contributed by atoms with Crippen LogP contribution >= 0.6 is 0 Å². The van der Waals surface area contributed by atoms with Crippen molar-refractivity contribution in [2.75, 3.05) is 10.6 Å². The zero-order valence-electron chi connectivity index (χ0n) is 16.0. The van der Waals surface area contributed by atoms with Gasteiger partial charge in [-0.05, 0) is 79.2 Å². The highest BCUT2D eigenvalue weighted by Crippen LogP contribution is 2.26. The van der Waals surface area contributed by atoms with Crippen LogP contribution in [0.15, 0.2) is 66.7 Å². The molecule has 2 N–H and O–H groups in total. The first kappa shape index (κ1) is 19.6. The van der Waals surface area contributed by atoms with Crippen LogP contribution in [0.2, 0.25) is 0 Å². The van der Waals surface area contributed by atoms with Gasteiger partial charge in [-0.25, -0.2) is 0 Å². The summed E-state index contributed by atoms with van der Waals surface area (Å²) in [6.45, 7) is 3.30. The van der Waals surface area contributed by atoms with Crippen molar-refractivity contribution in [3.63, 3.8) is 0 Å². The molecule has 0 saturated heterocycles. The van der Waals surface area contributed by atoms with E-state index in [1.54, 1.807) is 60.7 Å². The average Bonchev–Trinajstić information content (AvgIpc) is 2.70. The van der Waals surface area contributed by atoms with Gasteiger partial charge < -0.3 is 15.4 Å². The van der Waals surface area contributed by atoms with E-state index < -0.39 is 0 Å². The van der Waals surface area contributed by atoms with Crippen LogP contribution in [-0.2, 0) is 4.79 Å². The van der Waals surface area contributed by atoms with E-state index in [2.05, 4.69) is 16.7 Å². The fraction of sp³-hybridized carbons (Fsp3) is 0.0870. The smallest absolute Gasteiger partial charge is 0.255 e. The van der Waals surface area contributed by atoms with Crippen LogP contribution in [0.25, 0.3) is 0 Å². The lowest BCUT2D eigenvalue weighted by molar-refractivity contribution is -0.114. The van der Waals surface area contributed by atoms with Gasteiger partial charge in [0.1, 0.15) is 11.5 Å². The number of rotatable bonds is 5. The van der Waals surface area contributed by atoms with Crippen LogP contribution in [0.3, 0.4) is 0 Å². The van der Waals surface area contributed by atoms with E-state index >= 15 is 0 Å². The molecule has 0 aliphatic carbocycles. The first-order valence-corrected chi connectivity index (χ1v) is 8.92. The molecule has 0 aliphatic rings. The molecule has 0 radical (unpaired) electrons. The summed E-state index contributed by atoms with van der Waals surface area (Å²) in [5.74, 6) is 0.841. The third kappa shape index (κ3) is 5.21. The van der Waals surface area contributed by atoms with Gasteiger partial charge in [0.15, 0.2) is 0 Å². The summed E-state index contributed by atoms with van der Waals surface area (Å²) in [5, 5.41) is 14.4. The van der Waals surface area contributed by atoms with Crippen molar-refractivity contribution in [1.82, 2.24) is 0 Å². The van der Waals surface area contributed by atoms with Gasteiger partial charge in [-0.3, -0.25) is 9.59 Å². The lowest BCUT2D eigenvalue weighted by Crippen LogP contribution is -2.13. The Labute approximate surface area is 168 Å². The summed E-state index contributed by atoms with van der Waals surface area (Å²) in [4.78, 5) is 23.5. The van der Waals surface area contributed by atoms with Gasteiger partial charge in [0.25, 0.3) is 5.91 Å². The number of hydrogen-bond acceptors (Lipinski definition) is 4. The van der Waals surface area contributed by atoms with Crippen molar-refractivity contribution < 1.29 is 14.3 Å². The summed E-state index contributed by atoms with van der Waals surface area (Å²) in [6.07, 6.45) is 0. The number of carbonyl (C=O) groups excluding carboxylic acids is 2. The third-order valence-electron chi connectivity index (χ3n) is 4.13. The van der Waals surface area contributed by atoms with E-state index in [1.807, 2.05) is 13.0 Å². The van der Waals surface area contributed by atoms with Crippen molar-refractivity contribution >= 4 is 23.2 Å². The lowest BCUT2D eigenvalue weighted by Gasteiger charge is -2.12. The molecule has 0 bridgehead atoms. The first-order valence-electron chi connectivity index (χ1n) is 8.92. The lowest BCUT2D eigenvalue weighted by atomic mass is 10.1. The van der Waals surface area contributed by atoms with Crippen molar-refractivity contribution in [1.29, 1.82) is 5.26 Å². The maximum absolute atomic E-state index is 12.5. The Bertz CT molecular complexity index is 1080. The number of carbonyl (C=O) groups is 2. The van der Waals surface area contributed by atoms with E-state index in [0.29, 0.717) is 34.0 Å². The Kier molecular flexibility index (Phi) is 5.91. The molecule has 3 rings (SSSR count). The summed E-state index contributed by atoms with van der Waals surface area (Å²) in [6, 6.07) is 20.9. The molecule has 144 valence electrons. The van der Waals surface area contributed by atoms with Crippen molar-refractivity contribution in [2.45, 2.75) is 13.8 Å². The minimum atomic E-state index is -0.247. The van der Waals surface area contributed by atoms with Crippen molar-refractivity contribution in [2.24, 2.45) is 0 Å². The number of nitrogens with zero attached hydrogens (tertiary/aromatic N) is 1. The SMILES string of the molecule is CC(=O)Nc1ccc(C(=O)Nc2ccc(Oc3ccc(C#N)cc3)cc2C)cc1. The number of nitrogens with one attached hydrogen (secondary N) is 2. The summed E-state index contributed by atoms with van der Waals surface area (Å²) in [7, 11) is 0. The van der Waals surface area contributed by atoms with Crippen molar-refractivity contribution in [3.8, 4) is 17.6 Å². The molecule has 0 unspecified atom stereocenters. The van der Waals surface area contributed by atoms with E-state index in [-0.39, 0.29) is 11.8 Å². The molecule has 0 aromatic heterocycles. The molecule has 3 aromatic carbocycles. The number of nitriles is 1. The molecule has 6 nitrogen and oxygen atoms in total. The Morgan fingerprint density at radius 2 is 1.55 bits per heavy atom. The maximum atomic E-state index is 12.5. The first-order chi connectivity index (χ1) is 13.9. The zero-order valence-corrected chi connectivity index (χ0v) is 16.0. The number of hydrogen-bond donors (Lipinski definition) is 2. The number of benzene rings is 3. The van der Waals surface area contributed by atoms with Gasteiger partial charge in [0.05, 0.1) is 11.6 Å². The van der Waals surface area contributed by atoms with Crippen LogP contribution < -0.4 is 15.4 Å². The van der Waals surface area contributed by atoms with E-state index in [1.165, 1.54) is 6.92 Å². The van der Waals surface area contributed by atoms with Crippen LogP contribution in [-0.4, -0.2) is 11.8 Å². The number of anilines is 2. The van der Waals surface area contributed by atoms with Crippen LogP contribution in [0.4, 0.5) is 11.4 Å². The second-order valence-electron chi connectivity index (χ2n) is 6.43. The highest BCUT2D eigenvalue weighted by atomic mass is 16.5. The Hall–Kier alpha value is -4.11. The minimum absolute atomic E-state index is 0.166. The predicted octanol–water partition coefficient (Wildman–Crippen LogP) is 4.87. The molecule has 2 amide bonds. The van der Waals surface area contributed by atoms with Gasteiger partial charge >= 0.3 is 0 Å². The van der Waals surface area contributed by atoms with Crippen LogP contribution in [0.1, 0.15) is 28.4 Å². The Balaban J connectivity index is 1.67. The Morgan fingerprint density at radius 3 is 2.14 bits per heavy atom. The maximum Gasteiger partial charge on any atom is 0.255 e. The Morgan fingerprint density at radius 1 is 0.897 bits per heavy atom. The van der Waals surface area contributed by atoms with Gasteiger partial charge in [0.2, 0.25) is 5.91 Å². The van der Waals surface area contributed by atoms with E-state index in [0.717, 1.165) is 5.56 Å². The molecule has 6 heteroatoms. The van der Waals surface area contributed by atoms with Crippen LogP contribution in [0.5, 0.6) is 11.5 Å². The molecule has 0 aliphatic heterocycles. The topological polar surface area (TPSA) is 91.2 Å². The standard InChI is InChI=1S/C23H19N3O3/c1-15-13-21(29-20-9-3-17(14-24)4-10-20)11-12-22(15)26-23(28)18-5-7-19(8-6-18)25-16(2)27/h3-13H,1-2H3,(H,25,27)(H,26,28). The zero-order chi connectivity index (χ0) is 20.8. The molecule has 0 spiro atoms. The summed E-state index contributed by atoms with van der Waals surface area (Å²) < 4.78 is 5.79. The highest BCUT2D eigenvalue weighted by molar-refractivity contribution is 6.05. The predicted molar refractivity (Wildman–Crippen MR) is 111 cm³/mol. The quantitative estimate of drug-likeness (QED) is 0.655. The summed E-state index contributed by atoms with van der Waals surface area (Å²) >= 11 is 0. The molecule has 0 saturated carbocycles. The number of aryl methyl sites for hydroxylation is 1. The average molecular weight is 385 g/mol. The van der Waals surface area contributed by atoms with Gasteiger partial charge in [-0.1, -0.05) is 0 Å². The molecular formula is C23H19N3O3. The second-order valence-corrected chi connectivity index (χ2v) is 6.43. The number of ether oxygens (including phenoxy) is 1. The van der Waals surface area contributed by atoms with E-state index in [4.69, 9.17) is 10.00 Å². The van der Waals surface area contributed by atoms with Gasteiger partial charge in [0, 0.05) is 23.9 Å². The van der Waals surface area contributed by atoms with Crippen LogP contribution in [0, 0.1) is 18.3 Å². The third-order valence-corrected chi connectivity index (χ3v) is 4.13. The number of amides is 2. The molecule has 29 heavy (non-hydrogen) atoms. The molecule has 0 atom stereocenters. The molecular weight excluding hydrogens is 366 g/mol. The fourth-order valence-electron chi connectivity index (χ4n) is 2.68. The summed E-state index contributed by atoms with van der Waals surface area (Å²) in [5.41, 5.74) is 3.20. The normalized spacial score (nSPS) is 9.97. The van der Waals surface area contributed by atoms with Crippen molar-refractivity contribution in [3.05, 3.63) is 83.4 Å². The monoisotopic (exact) mass is 385 g/mol. The molecule has 0 heterocycles. The fourth-order valence-corrected chi connectivity index (χ4v) is 2.68. The second kappa shape index (κ2) is 8.72. The van der Waals surface area contributed by atoms with Gasteiger partial charge in [-0.2, -0.15) is 5.26 Å². The highest BCUT2D eigenvalue weighted by Gasteiger charge is 2.09. The van der Waals surface area contributed by atoms with Gasteiger partial charge in [-0.15, -0.1) is 0 Å². The molecule has 3 aromatic rings.